The van der Waals surface area contributed by atoms with Crippen molar-refractivity contribution in [3.8, 4) is 22.3 Å². The molecule has 5 nitrogen and oxygen atoms in total. The lowest BCUT2D eigenvalue weighted by Gasteiger charge is -2.30. The van der Waals surface area contributed by atoms with Crippen LogP contribution < -0.4 is 5.19 Å². The third kappa shape index (κ3) is 11.3. The van der Waals surface area contributed by atoms with Crippen LogP contribution in [0.4, 0.5) is 8.78 Å². The lowest BCUT2D eigenvalue weighted by molar-refractivity contribution is -0.140. The molecule has 1 aliphatic carbocycles. The van der Waals surface area contributed by atoms with Crippen LogP contribution in [0.2, 0.25) is 19.1 Å². The van der Waals surface area contributed by atoms with E-state index in [0.717, 1.165) is 30.0 Å². The molecule has 0 radical (unpaired) electrons. The van der Waals surface area contributed by atoms with Gasteiger partial charge in [0.1, 0.15) is 13.2 Å². The fourth-order valence-corrected chi connectivity index (χ4v) is 11.3. The molecule has 4 rings (SSSR count). The van der Waals surface area contributed by atoms with Gasteiger partial charge in [-0.3, -0.25) is 0 Å². The van der Waals surface area contributed by atoms with E-state index in [1.807, 2.05) is 12.1 Å². The Kier molecular flexibility index (Phi) is 16.0. The van der Waals surface area contributed by atoms with Crippen molar-refractivity contribution in [3.63, 3.8) is 0 Å². The van der Waals surface area contributed by atoms with E-state index in [4.69, 9.17) is 9.47 Å². The van der Waals surface area contributed by atoms with E-state index in [1.165, 1.54) is 56.9 Å². The standard InChI is InChI=1S/C46H60F2O5Si/c1-8-9-11-14-33-15-17-34(18-16-33)35-19-21-36(22-20-35)40-23-24-41(43(48)42(40)47)37-27-38(29-52-45(50)31(2)3)44(54(6,7)26-13-10-12-25-49)39(28-37)30-53-46(51)32(4)5/h19-24,27-28,33-34,49H,2,4,8-18,25-26,29-30H2,1,3,5-7H3. The van der Waals surface area contributed by atoms with E-state index in [2.05, 4.69) is 45.3 Å². The van der Waals surface area contributed by atoms with Crippen LogP contribution in [0.5, 0.6) is 0 Å². The molecule has 0 aliphatic heterocycles. The first-order chi connectivity index (χ1) is 25.8. The average molecular weight is 759 g/mol. The van der Waals surface area contributed by atoms with E-state index >= 15 is 8.78 Å². The van der Waals surface area contributed by atoms with Crippen molar-refractivity contribution in [2.24, 2.45) is 5.92 Å². The number of ether oxygens (including phenoxy) is 2. The molecule has 0 atom stereocenters. The van der Waals surface area contributed by atoms with Gasteiger partial charge in [0.2, 0.25) is 0 Å². The number of hydrogen-bond acceptors (Lipinski definition) is 5. The molecule has 1 saturated carbocycles. The van der Waals surface area contributed by atoms with Gasteiger partial charge in [0.05, 0.1) is 8.07 Å². The minimum absolute atomic E-state index is 0.0532. The lowest BCUT2D eigenvalue weighted by Crippen LogP contribution is -2.46. The van der Waals surface area contributed by atoms with Crippen LogP contribution in [0, 0.1) is 17.6 Å². The smallest absolute Gasteiger partial charge is 0.333 e. The number of carbonyl (C=O) groups excluding carboxylic acids is 2. The summed E-state index contributed by atoms with van der Waals surface area (Å²) in [5.74, 6) is -1.74. The van der Waals surface area contributed by atoms with Gasteiger partial charge in [-0.15, -0.1) is 0 Å². The maximum atomic E-state index is 16.2. The number of halogens is 2. The Balaban J connectivity index is 1.69. The third-order valence-corrected chi connectivity index (χ3v) is 14.6. The predicted octanol–water partition coefficient (Wildman–Crippen LogP) is 11.5. The van der Waals surface area contributed by atoms with Gasteiger partial charge in [0.25, 0.3) is 0 Å². The topological polar surface area (TPSA) is 72.8 Å². The third-order valence-electron chi connectivity index (χ3n) is 11.0. The maximum Gasteiger partial charge on any atom is 0.333 e. The van der Waals surface area contributed by atoms with Crippen molar-refractivity contribution in [3.05, 3.63) is 101 Å². The highest BCUT2D eigenvalue weighted by Gasteiger charge is 2.31. The Hall–Kier alpha value is -3.88. The quantitative estimate of drug-likeness (QED) is 0.0570. The van der Waals surface area contributed by atoms with Crippen LogP contribution in [-0.2, 0) is 32.3 Å². The zero-order valence-corrected chi connectivity index (χ0v) is 34.1. The number of benzene rings is 3. The molecular weight excluding hydrogens is 699 g/mol. The zero-order chi connectivity index (χ0) is 39.4. The van der Waals surface area contributed by atoms with Gasteiger partial charge in [-0.25, -0.2) is 18.4 Å². The van der Waals surface area contributed by atoms with E-state index in [0.29, 0.717) is 34.6 Å². The number of rotatable bonds is 19. The van der Waals surface area contributed by atoms with Crippen LogP contribution in [-0.4, -0.2) is 31.7 Å². The van der Waals surface area contributed by atoms with Crippen molar-refractivity contribution in [2.45, 2.75) is 130 Å². The first-order valence-electron chi connectivity index (χ1n) is 19.8. The molecule has 0 heterocycles. The highest BCUT2D eigenvalue weighted by Crippen LogP contribution is 2.39. The van der Waals surface area contributed by atoms with E-state index in [9.17, 15) is 14.7 Å². The van der Waals surface area contributed by atoms with Gasteiger partial charge in [0, 0.05) is 28.9 Å². The second-order valence-corrected chi connectivity index (χ2v) is 20.7. The summed E-state index contributed by atoms with van der Waals surface area (Å²) in [7, 11) is -2.32. The number of aliphatic hydroxyl groups is 1. The first-order valence-corrected chi connectivity index (χ1v) is 23.0. The van der Waals surface area contributed by atoms with Crippen molar-refractivity contribution in [2.75, 3.05) is 6.61 Å². The molecule has 292 valence electrons. The van der Waals surface area contributed by atoms with Gasteiger partial charge >= 0.3 is 11.9 Å². The van der Waals surface area contributed by atoms with E-state index < -0.39 is 31.6 Å². The van der Waals surface area contributed by atoms with Gasteiger partial charge < -0.3 is 14.6 Å². The molecule has 0 unspecified atom stereocenters. The number of aliphatic hydroxyl groups excluding tert-OH is 1. The molecule has 0 bridgehead atoms. The normalized spacial score (nSPS) is 15.9. The second kappa shape index (κ2) is 20.2. The highest BCUT2D eigenvalue weighted by molar-refractivity contribution is 6.90. The monoisotopic (exact) mass is 758 g/mol. The van der Waals surface area contributed by atoms with Crippen LogP contribution in [0.3, 0.4) is 0 Å². The molecule has 1 N–H and O–H groups in total. The van der Waals surface area contributed by atoms with Gasteiger partial charge in [-0.05, 0) is 103 Å². The number of unbranched alkanes of at least 4 members (excludes halogenated alkanes) is 4. The summed E-state index contributed by atoms with van der Waals surface area (Å²) in [5, 5.41) is 10.3. The Labute approximate surface area is 322 Å². The maximum absolute atomic E-state index is 16.2. The lowest BCUT2D eigenvalue weighted by atomic mass is 9.77. The molecule has 0 saturated heterocycles. The Bertz CT molecular complexity index is 1720. The summed E-state index contributed by atoms with van der Waals surface area (Å²) in [6.07, 6.45) is 12.4. The predicted molar refractivity (Wildman–Crippen MR) is 218 cm³/mol. The molecule has 54 heavy (non-hydrogen) atoms. The Morgan fingerprint density at radius 2 is 1.30 bits per heavy atom. The molecule has 1 fully saturated rings. The van der Waals surface area contributed by atoms with Gasteiger partial charge in [0.15, 0.2) is 11.6 Å². The summed E-state index contributed by atoms with van der Waals surface area (Å²) >= 11 is 0. The van der Waals surface area contributed by atoms with Crippen LogP contribution in [0.1, 0.15) is 114 Å². The Morgan fingerprint density at radius 1 is 0.759 bits per heavy atom. The largest absolute Gasteiger partial charge is 0.457 e. The van der Waals surface area contributed by atoms with Gasteiger partial charge in [-0.2, -0.15) is 0 Å². The minimum Gasteiger partial charge on any atom is -0.457 e. The zero-order valence-electron chi connectivity index (χ0n) is 33.1. The molecular formula is C46H60F2O5Si. The second-order valence-electron chi connectivity index (χ2n) is 15.9. The summed E-state index contributed by atoms with van der Waals surface area (Å²) < 4.78 is 43.6. The van der Waals surface area contributed by atoms with Crippen molar-refractivity contribution in [1.82, 2.24) is 0 Å². The molecule has 1 aliphatic rings. The van der Waals surface area contributed by atoms with Crippen LogP contribution in [0.15, 0.2) is 72.8 Å². The Morgan fingerprint density at radius 3 is 1.80 bits per heavy atom. The molecule has 8 heteroatoms. The molecule has 3 aromatic rings. The minimum atomic E-state index is -2.32. The van der Waals surface area contributed by atoms with Crippen molar-refractivity contribution >= 4 is 25.2 Å². The summed E-state index contributed by atoms with van der Waals surface area (Å²) in [5.41, 5.74) is 4.27. The van der Waals surface area contributed by atoms with Crippen molar-refractivity contribution in [1.29, 1.82) is 0 Å². The van der Waals surface area contributed by atoms with E-state index in [1.54, 1.807) is 38.1 Å². The molecule has 0 amide bonds. The SMILES string of the molecule is C=C(C)C(=O)OCc1cc(-c2ccc(-c3ccc(C4CCC(CCCCC)CC4)cc3)c(F)c2F)cc(COC(=O)C(=C)C)c1[Si](C)(C)CCCCCO. The number of esters is 2. The molecule has 0 spiro atoms. The molecule has 0 aromatic heterocycles. The van der Waals surface area contributed by atoms with Gasteiger partial charge in [-0.1, -0.05) is 114 Å². The van der Waals surface area contributed by atoms with Crippen LogP contribution in [0.25, 0.3) is 22.3 Å². The average Bonchev–Trinajstić information content (AvgIpc) is 3.15. The summed E-state index contributed by atoms with van der Waals surface area (Å²) in [6, 6.07) is 15.5. The molecule has 3 aromatic carbocycles. The van der Waals surface area contributed by atoms with Crippen molar-refractivity contribution < 1.29 is 33.0 Å². The fourth-order valence-electron chi connectivity index (χ4n) is 7.93. The van der Waals surface area contributed by atoms with Crippen LogP contribution >= 0.6 is 0 Å². The summed E-state index contributed by atoms with van der Waals surface area (Å²) in [4.78, 5) is 25.1. The fraction of sp³-hybridized carbons (Fsp3) is 0.478. The highest BCUT2D eigenvalue weighted by atomic mass is 28.3. The number of carbonyl (C=O) groups is 2. The summed E-state index contributed by atoms with van der Waals surface area (Å²) in [6.45, 7) is 17.0. The number of hydrogen-bond donors (Lipinski definition) is 1. The first kappa shape index (κ1) is 42.9. The van der Waals surface area contributed by atoms with E-state index in [-0.39, 0.29) is 42.1 Å².